The minimum Gasteiger partial charge on any atom is -0.481 e. The van der Waals surface area contributed by atoms with Crippen LogP contribution >= 0.6 is 0 Å². The molecule has 8 atom stereocenters. The Bertz CT molecular complexity index is 1400. The van der Waals surface area contributed by atoms with Crippen LogP contribution in [-0.2, 0) is 9.59 Å². The van der Waals surface area contributed by atoms with E-state index < -0.39 is 11.9 Å². The molecular formula is C40H58N2O5. The third-order valence-corrected chi connectivity index (χ3v) is 14.8. The number of carboxylic acid groups (broad SMARTS) is 2. The van der Waals surface area contributed by atoms with E-state index in [2.05, 4.69) is 44.0 Å². The van der Waals surface area contributed by atoms with E-state index in [1.807, 2.05) is 19.1 Å². The van der Waals surface area contributed by atoms with Crippen LogP contribution < -0.4 is 5.32 Å². The predicted molar refractivity (Wildman–Crippen MR) is 185 cm³/mol. The van der Waals surface area contributed by atoms with Crippen LogP contribution in [0.5, 0.6) is 0 Å². The molecule has 0 aliphatic heterocycles. The molecule has 5 aliphatic rings. The van der Waals surface area contributed by atoms with E-state index in [0.29, 0.717) is 54.8 Å². The zero-order valence-corrected chi connectivity index (χ0v) is 29.4. The van der Waals surface area contributed by atoms with Gasteiger partial charge in [0.05, 0.1) is 17.4 Å². The van der Waals surface area contributed by atoms with Gasteiger partial charge in [0.25, 0.3) is 0 Å². The number of allylic oxidation sites excluding steroid dienone is 2. The number of nitrogens with zero attached hydrogens (tertiary/aromatic N) is 1. The molecule has 0 spiro atoms. The summed E-state index contributed by atoms with van der Waals surface area (Å²) in [6.45, 7) is 14.7. The van der Waals surface area contributed by atoms with Crippen LogP contribution in [0.2, 0.25) is 0 Å². The van der Waals surface area contributed by atoms with E-state index >= 15 is 0 Å². The zero-order valence-electron chi connectivity index (χ0n) is 29.4. The monoisotopic (exact) mass is 646 g/mol. The molecule has 0 heterocycles. The number of benzene rings is 1. The van der Waals surface area contributed by atoms with Gasteiger partial charge in [-0.1, -0.05) is 59.2 Å². The molecular weight excluding hydrogens is 588 g/mol. The lowest BCUT2D eigenvalue weighted by Gasteiger charge is -2.68. The molecule has 258 valence electrons. The fraction of sp³-hybridized carbons (Fsp3) is 0.725. The summed E-state index contributed by atoms with van der Waals surface area (Å²) in [5.41, 5.74) is 3.15. The van der Waals surface area contributed by atoms with Gasteiger partial charge >= 0.3 is 11.9 Å². The van der Waals surface area contributed by atoms with Gasteiger partial charge in [0.15, 0.2) is 0 Å². The van der Waals surface area contributed by atoms with Gasteiger partial charge in [0.1, 0.15) is 0 Å². The first-order chi connectivity index (χ1) is 22.3. The second-order valence-corrected chi connectivity index (χ2v) is 17.0. The van der Waals surface area contributed by atoms with E-state index in [4.69, 9.17) is 5.11 Å². The van der Waals surface area contributed by atoms with Crippen molar-refractivity contribution in [1.82, 2.24) is 10.2 Å². The van der Waals surface area contributed by atoms with Gasteiger partial charge in [0, 0.05) is 19.6 Å². The molecule has 1 amide bonds. The lowest BCUT2D eigenvalue weighted by atomic mass is 9.36. The number of aliphatic carboxylic acids is 1. The molecule has 4 unspecified atom stereocenters. The van der Waals surface area contributed by atoms with Crippen LogP contribution in [0.1, 0.15) is 121 Å². The maximum absolute atomic E-state index is 14.0. The Labute approximate surface area is 282 Å². The van der Waals surface area contributed by atoms with Crippen LogP contribution in [0.4, 0.5) is 0 Å². The molecule has 7 nitrogen and oxygen atoms in total. The average Bonchev–Trinajstić information content (AvgIpc) is 3.48. The first kappa shape index (κ1) is 34.2. The van der Waals surface area contributed by atoms with Crippen molar-refractivity contribution in [2.24, 2.45) is 51.2 Å². The van der Waals surface area contributed by atoms with Crippen LogP contribution in [0.3, 0.4) is 0 Å². The Hall–Kier alpha value is -2.67. The van der Waals surface area contributed by atoms with Crippen molar-refractivity contribution >= 4 is 23.4 Å². The SMILES string of the molecule is CCN(CCNC(=O)[C@]12CCCC1[C@H]1CCC3[C@@](C)(CCC4C(C)(C)C(c5ccc(C(=O)O)cc5)=CC[C@@]43C)C1CC2)CCC(=O)O. The molecule has 1 aromatic rings. The van der Waals surface area contributed by atoms with Crippen molar-refractivity contribution in [2.75, 3.05) is 26.2 Å². The Morgan fingerprint density at radius 3 is 2.28 bits per heavy atom. The third-order valence-electron chi connectivity index (χ3n) is 14.8. The minimum absolute atomic E-state index is 0.00214. The Balaban J connectivity index is 1.18. The van der Waals surface area contributed by atoms with Crippen molar-refractivity contribution in [1.29, 1.82) is 0 Å². The fourth-order valence-electron chi connectivity index (χ4n) is 12.7. The molecule has 4 fully saturated rings. The lowest BCUT2D eigenvalue weighted by molar-refractivity contribution is -0.181. The lowest BCUT2D eigenvalue weighted by Crippen LogP contribution is -2.62. The molecule has 3 N–H and O–H groups in total. The second-order valence-electron chi connectivity index (χ2n) is 17.0. The van der Waals surface area contributed by atoms with Gasteiger partial charge in [-0.2, -0.15) is 0 Å². The van der Waals surface area contributed by atoms with Crippen molar-refractivity contribution in [3.63, 3.8) is 0 Å². The summed E-state index contributed by atoms with van der Waals surface area (Å²) >= 11 is 0. The number of hydrogen-bond donors (Lipinski definition) is 3. The van der Waals surface area contributed by atoms with Crippen molar-refractivity contribution < 1.29 is 24.6 Å². The van der Waals surface area contributed by atoms with E-state index in [0.717, 1.165) is 44.2 Å². The molecule has 6 rings (SSSR count). The summed E-state index contributed by atoms with van der Waals surface area (Å²) in [5.74, 6) is 1.61. The number of hydrogen-bond acceptors (Lipinski definition) is 4. The van der Waals surface area contributed by atoms with E-state index in [9.17, 15) is 19.5 Å². The summed E-state index contributed by atoms with van der Waals surface area (Å²) in [4.78, 5) is 38.7. The first-order valence-corrected chi connectivity index (χ1v) is 18.5. The standard InChI is InChI=1S/C40H58N2O5/c1-6-42(24-18-34(43)44)25-23-41-36(47)40-19-7-8-31(40)28-13-14-33-38(4,30(28)16-22-40)21-17-32-37(2,3)29(15-20-39(32,33)5)26-9-11-27(12-10-26)35(45)46/h9-12,15,28,30-33H,6-8,13-14,16-25H2,1-5H3,(H,41,47)(H,43,44)(H,45,46)/t28-,30?,31?,32?,33?,38-,39-,40-/m0/s1. The molecule has 0 bridgehead atoms. The number of fused-ring (bicyclic) bond motifs is 7. The van der Waals surface area contributed by atoms with Gasteiger partial charge < -0.3 is 20.4 Å². The van der Waals surface area contributed by atoms with Crippen LogP contribution in [0, 0.1) is 51.2 Å². The van der Waals surface area contributed by atoms with Crippen molar-refractivity contribution in [3.05, 3.63) is 41.5 Å². The Morgan fingerprint density at radius 2 is 1.60 bits per heavy atom. The van der Waals surface area contributed by atoms with E-state index in [1.54, 1.807) is 12.1 Å². The smallest absolute Gasteiger partial charge is 0.335 e. The zero-order chi connectivity index (χ0) is 33.8. The Morgan fingerprint density at radius 1 is 0.851 bits per heavy atom. The average molecular weight is 647 g/mol. The summed E-state index contributed by atoms with van der Waals surface area (Å²) in [6.07, 6.45) is 14.2. The number of aromatic carboxylic acids is 1. The number of nitrogens with one attached hydrogen (secondary N) is 1. The van der Waals surface area contributed by atoms with E-state index in [1.165, 1.54) is 37.7 Å². The highest BCUT2D eigenvalue weighted by Gasteiger charge is 2.66. The predicted octanol–water partition coefficient (Wildman–Crippen LogP) is 7.76. The number of amides is 1. The fourth-order valence-corrected chi connectivity index (χ4v) is 12.7. The maximum atomic E-state index is 14.0. The van der Waals surface area contributed by atoms with Crippen LogP contribution in [-0.4, -0.2) is 59.1 Å². The Kier molecular flexibility index (Phi) is 9.21. The first-order valence-electron chi connectivity index (χ1n) is 18.5. The topological polar surface area (TPSA) is 107 Å². The van der Waals surface area contributed by atoms with Gasteiger partial charge in [0.2, 0.25) is 5.91 Å². The molecule has 4 saturated carbocycles. The summed E-state index contributed by atoms with van der Waals surface area (Å²) in [7, 11) is 0. The molecule has 5 aliphatic carbocycles. The summed E-state index contributed by atoms with van der Waals surface area (Å²) in [6, 6.07) is 7.50. The van der Waals surface area contributed by atoms with Crippen molar-refractivity contribution in [2.45, 2.75) is 105 Å². The van der Waals surface area contributed by atoms with Gasteiger partial charge in [-0.3, -0.25) is 9.59 Å². The molecule has 0 radical (unpaired) electrons. The van der Waals surface area contributed by atoms with Gasteiger partial charge in [-0.15, -0.1) is 0 Å². The highest BCUT2D eigenvalue weighted by molar-refractivity contribution is 5.88. The number of carbonyl (C=O) groups is 3. The minimum atomic E-state index is -0.880. The highest BCUT2D eigenvalue weighted by Crippen LogP contribution is 2.73. The van der Waals surface area contributed by atoms with Crippen LogP contribution in [0.15, 0.2) is 30.3 Å². The molecule has 1 aromatic carbocycles. The van der Waals surface area contributed by atoms with Crippen LogP contribution in [0.25, 0.3) is 5.57 Å². The normalized spacial score (nSPS) is 37.1. The maximum Gasteiger partial charge on any atom is 0.335 e. The van der Waals surface area contributed by atoms with Crippen molar-refractivity contribution in [3.8, 4) is 0 Å². The molecule has 0 saturated heterocycles. The summed E-state index contributed by atoms with van der Waals surface area (Å²) < 4.78 is 0. The van der Waals surface area contributed by atoms with Gasteiger partial charge in [-0.05, 0) is 133 Å². The highest BCUT2D eigenvalue weighted by atomic mass is 16.4. The second kappa shape index (κ2) is 12.7. The number of rotatable bonds is 10. The quantitative estimate of drug-likeness (QED) is 0.240. The number of likely N-dealkylation sites (N-methyl/N-ethyl adjacent to an activating group) is 1. The molecule has 47 heavy (non-hydrogen) atoms. The van der Waals surface area contributed by atoms with E-state index in [-0.39, 0.29) is 34.0 Å². The molecule has 0 aromatic heterocycles. The number of carboxylic acids is 2. The third kappa shape index (κ3) is 5.66. The number of carbonyl (C=O) groups excluding carboxylic acids is 1. The van der Waals surface area contributed by atoms with Gasteiger partial charge in [-0.25, -0.2) is 4.79 Å². The summed E-state index contributed by atoms with van der Waals surface area (Å²) in [5, 5.41) is 21.9. The molecule has 7 heteroatoms. The largest absolute Gasteiger partial charge is 0.481 e.